The first-order valence-corrected chi connectivity index (χ1v) is 6.36. The molecule has 1 aromatic heterocycles. The first-order chi connectivity index (χ1) is 8.27. The molecule has 0 atom stereocenters. The number of thiol groups is 1. The van der Waals surface area contributed by atoms with Crippen LogP contribution in [0.25, 0.3) is 21.7 Å². The lowest BCUT2D eigenvalue weighted by Gasteiger charge is -2.04. The highest BCUT2D eigenvalue weighted by Crippen LogP contribution is 2.27. The van der Waals surface area contributed by atoms with Crippen molar-refractivity contribution in [2.45, 2.75) is 4.90 Å². The second kappa shape index (κ2) is 3.82. The Labute approximate surface area is 99.7 Å². The van der Waals surface area contributed by atoms with Gasteiger partial charge in [-0.1, -0.05) is 30.3 Å². The average Bonchev–Trinajstić information content (AvgIpc) is 2.37. The molecule has 0 aliphatic carbocycles. The van der Waals surface area contributed by atoms with Gasteiger partial charge in [-0.2, -0.15) is 0 Å². The molecule has 84 valence electrons. The minimum absolute atomic E-state index is 0.335. The summed E-state index contributed by atoms with van der Waals surface area (Å²) >= 11 is 0. The van der Waals surface area contributed by atoms with E-state index in [2.05, 4.69) is 4.98 Å². The molecule has 3 nitrogen and oxygen atoms in total. The van der Waals surface area contributed by atoms with E-state index in [0.29, 0.717) is 15.8 Å². The third-order valence-corrected chi connectivity index (χ3v) is 3.56. The Morgan fingerprint density at radius 2 is 1.76 bits per heavy atom. The van der Waals surface area contributed by atoms with Gasteiger partial charge in [0.25, 0.3) is 0 Å². The van der Waals surface area contributed by atoms with Crippen molar-refractivity contribution in [2.24, 2.45) is 0 Å². The lowest BCUT2D eigenvalue weighted by Crippen LogP contribution is -1.87. The summed E-state index contributed by atoms with van der Waals surface area (Å²) in [5, 5.41) is 2.58. The number of aromatic nitrogens is 1. The lowest BCUT2D eigenvalue weighted by molar-refractivity contribution is 0.615. The fourth-order valence-corrected chi connectivity index (χ4v) is 2.67. The van der Waals surface area contributed by atoms with Crippen LogP contribution in [0.15, 0.2) is 53.6 Å². The Morgan fingerprint density at radius 3 is 2.59 bits per heavy atom. The summed E-state index contributed by atoms with van der Waals surface area (Å²) in [6, 6.07) is 12.8. The first kappa shape index (κ1) is 10.2. The number of nitrogens with zero attached hydrogens (tertiary/aromatic N) is 1. The van der Waals surface area contributed by atoms with Gasteiger partial charge in [0.1, 0.15) is 0 Å². The van der Waals surface area contributed by atoms with Gasteiger partial charge in [-0.05, 0) is 17.5 Å². The molecular weight excluding hydrogens is 234 g/mol. The monoisotopic (exact) mass is 243 g/mol. The van der Waals surface area contributed by atoms with Crippen LogP contribution in [0.2, 0.25) is 0 Å². The SMILES string of the molecule is O=[SH](=O)c1cccc2ncc3ccccc3c12. The Morgan fingerprint density at radius 1 is 0.941 bits per heavy atom. The van der Waals surface area contributed by atoms with Gasteiger partial charge >= 0.3 is 0 Å². The third-order valence-electron chi connectivity index (χ3n) is 2.79. The van der Waals surface area contributed by atoms with Crippen molar-refractivity contribution in [3.63, 3.8) is 0 Å². The average molecular weight is 243 g/mol. The summed E-state index contributed by atoms with van der Waals surface area (Å²) in [7, 11) is -2.61. The molecule has 0 amide bonds. The zero-order chi connectivity index (χ0) is 11.8. The molecule has 0 aliphatic rings. The Balaban J connectivity index is 2.64. The molecule has 0 saturated carbocycles. The van der Waals surface area contributed by atoms with Crippen LogP contribution >= 0.6 is 0 Å². The normalized spacial score (nSPS) is 11.4. The Kier molecular flexibility index (Phi) is 2.30. The van der Waals surface area contributed by atoms with E-state index < -0.39 is 10.7 Å². The van der Waals surface area contributed by atoms with Crippen molar-refractivity contribution in [1.82, 2.24) is 4.98 Å². The molecular formula is C13H9NO2S. The Hall–Kier alpha value is -1.94. The van der Waals surface area contributed by atoms with Gasteiger partial charge in [0.15, 0.2) is 10.7 Å². The van der Waals surface area contributed by atoms with Crippen molar-refractivity contribution in [3.8, 4) is 0 Å². The van der Waals surface area contributed by atoms with Gasteiger partial charge in [0.2, 0.25) is 0 Å². The molecule has 0 bridgehead atoms. The highest BCUT2D eigenvalue weighted by molar-refractivity contribution is 7.72. The molecule has 0 fully saturated rings. The van der Waals surface area contributed by atoms with Crippen LogP contribution in [0.3, 0.4) is 0 Å². The molecule has 0 unspecified atom stereocenters. The van der Waals surface area contributed by atoms with Crippen LogP contribution in [0.1, 0.15) is 0 Å². The predicted molar refractivity (Wildman–Crippen MR) is 67.8 cm³/mol. The van der Waals surface area contributed by atoms with Crippen molar-refractivity contribution in [2.75, 3.05) is 0 Å². The summed E-state index contributed by atoms with van der Waals surface area (Å²) in [6.45, 7) is 0. The highest BCUT2D eigenvalue weighted by atomic mass is 32.2. The van der Waals surface area contributed by atoms with E-state index in [-0.39, 0.29) is 0 Å². The number of pyridine rings is 1. The molecule has 2 aromatic carbocycles. The first-order valence-electron chi connectivity index (χ1n) is 5.18. The van der Waals surface area contributed by atoms with Crippen LogP contribution in [0, 0.1) is 0 Å². The van der Waals surface area contributed by atoms with E-state index in [1.54, 1.807) is 18.3 Å². The van der Waals surface area contributed by atoms with Gasteiger partial charge in [0.05, 0.1) is 10.4 Å². The topological polar surface area (TPSA) is 47.0 Å². The Bertz CT molecular complexity index is 786. The fourth-order valence-electron chi connectivity index (χ4n) is 2.04. The zero-order valence-corrected chi connectivity index (χ0v) is 9.72. The summed E-state index contributed by atoms with van der Waals surface area (Å²) < 4.78 is 22.5. The highest BCUT2D eigenvalue weighted by Gasteiger charge is 2.07. The number of hydrogen-bond donors (Lipinski definition) is 1. The molecule has 3 rings (SSSR count). The van der Waals surface area contributed by atoms with Crippen molar-refractivity contribution in [1.29, 1.82) is 0 Å². The second-order valence-electron chi connectivity index (χ2n) is 3.77. The number of hydrogen-bond acceptors (Lipinski definition) is 3. The van der Waals surface area contributed by atoms with Crippen molar-refractivity contribution < 1.29 is 8.42 Å². The van der Waals surface area contributed by atoms with E-state index in [4.69, 9.17) is 0 Å². The number of rotatable bonds is 1. The van der Waals surface area contributed by atoms with E-state index in [0.717, 1.165) is 10.8 Å². The lowest BCUT2D eigenvalue weighted by atomic mass is 10.1. The van der Waals surface area contributed by atoms with Crippen LogP contribution in [0.5, 0.6) is 0 Å². The molecule has 17 heavy (non-hydrogen) atoms. The molecule has 3 aromatic rings. The quantitative estimate of drug-likeness (QED) is 0.527. The molecule has 0 N–H and O–H groups in total. The van der Waals surface area contributed by atoms with E-state index in [9.17, 15) is 8.42 Å². The zero-order valence-electron chi connectivity index (χ0n) is 8.83. The standard InChI is InChI=1S/C13H9NO2S/c15-17(16)12-7-3-6-11-13(12)10-5-2-1-4-9(10)8-14-11/h1-8,17H. The van der Waals surface area contributed by atoms with Gasteiger partial charge in [-0.25, -0.2) is 8.42 Å². The maximum atomic E-state index is 11.3. The minimum atomic E-state index is -2.61. The second-order valence-corrected chi connectivity index (χ2v) is 4.77. The van der Waals surface area contributed by atoms with Crippen LogP contribution < -0.4 is 0 Å². The van der Waals surface area contributed by atoms with Crippen molar-refractivity contribution >= 4 is 32.4 Å². The summed E-state index contributed by atoms with van der Waals surface area (Å²) in [5.41, 5.74) is 0.709. The van der Waals surface area contributed by atoms with Gasteiger partial charge in [-0.15, -0.1) is 0 Å². The summed E-state index contributed by atoms with van der Waals surface area (Å²) in [5.74, 6) is 0. The van der Waals surface area contributed by atoms with Crippen LogP contribution in [0.4, 0.5) is 0 Å². The molecule has 1 heterocycles. The summed E-state index contributed by atoms with van der Waals surface area (Å²) in [6.07, 6.45) is 1.76. The maximum Gasteiger partial charge on any atom is 0.168 e. The van der Waals surface area contributed by atoms with E-state index in [1.165, 1.54) is 0 Å². The molecule has 0 radical (unpaired) electrons. The third kappa shape index (κ3) is 1.57. The molecule has 4 heteroatoms. The summed E-state index contributed by atoms with van der Waals surface area (Å²) in [4.78, 5) is 4.62. The fraction of sp³-hybridized carbons (Fsp3) is 0. The molecule has 0 aliphatic heterocycles. The van der Waals surface area contributed by atoms with E-state index >= 15 is 0 Å². The minimum Gasteiger partial charge on any atom is -0.256 e. The van der Waals surface area contributed by atoms with E-state index in [1.807, 2.05) is 30.3 Å². The smallest absolute Gasteiger partial charge is 0.168 e. The van der Waals surface area contributed by atoms with Crippen molar-refractivity contribution in [3.05, 3.63) is 48.7 Å². The predicted octanol–water partition coefficient (Wildman–Crippen LogP) is 2.36. The van der Waals surface area contributed by atoms with Gasteiger partial charge < -0.3 is 0 Å². The molecule has 0 saturated heterocycles. The van der Waals surface area contributed by atoms with Gasteiger partial charge in [0, 0.05) is 17.0 Å². The molecule has 0 spiro atoms. The van der Waals surface area contributed by atoms with Gasteiger partial charge in [-0.3, -0.25) is 4.98 Å². The van der Waals surface area contributed by atoms with Crippen LogP contribution in [-0.2, 0) is 10.7 Å². The number of benzene rings is 2. The maximum absolute atomic E-state index is 11.3. The largest absolute Gasteiger partial charge is 0.256 e. The van der Waals surface area contributed by atoms with Crippen LogP contribution in [-0.4, -0.2) is 13.4 Å². The number of fused-ring (bicyclic) bond motifs is 3.